The van der Waals surface area contributed by atoms with Crippen LogP contribution < -0.4 is 10.6 Å². The number of urea groups is 1. The Morgan fingerprint density at radius 2 is 1.48 bits per heavy atom. The minimum Gasteiger partial charge on any atom is -0.467 e. The molecule has 9 nitrogen and oxygen atoms in total. The number of hydrogen-bond donors (Lipinski definition) is 3. The van der Waals surface area contributed by atoms with Crippen molar-refractivity contribution in [1.29, 1.82) is 0 Å². The van der Waals surface area contributed by atoms with Crippen molar-refractivity contribution in [3.63, 3.8) is 0 Å². The Kier molecular flexibility index (Phi) is 12.0. The number of carbonyl (C=O) groups is 2. The molecule has 4 aromatic carbocycles. The van der Waals surface area contributed by atoms with E-state index in [9.17, 15) is 14.7 Å². The maximum atomic E-state index is 12.9. The summed E-state index contributed by atoms with van der Waals surface area (Å²) in [6.45, 7) is 5.01. The van der Waals surface area contributed by atoms with Crippen LogP contribution in [0.15, 0.2) is 109 Å². The van der Waals surface area contributed by atoms with E-state index in [0.717, 1.165) is 22.3 Å². The van der Waals surface area contributed by atoms with Gasteiger partial charge in [0.2, 0.25) is 0 Å². The molecule has 252 valence electrons. The van der Waals surface area contributed by atoms with Gasteiger partial charge in [-0.25, -0.2) is 9.59 Å². The molecule has 6 atom stereocenters. The Morgan fingerprint density at radius 1 is 0.854 bits per heavy atom. The number of benzene rings is 4. The number of likely N-dealkylation sites (N-methyl/N-ethyl adjacent to an activating group) is 1. The molecule has 1 saturated heterocycles. The number of anilines is 1. The number of esters is 1. The Hall–Kier alpha value is -4.54. The maximum absolute atomic E-state index is 12.9. The molecule has 9 heteroatoms. The fourth-order valence-electron chi connectivity index (χ4n) is 5.99. The maximum Gasteiger partial charge on any atom is 0.328 e. The molecule has 5 rings (SSSR count). The van der Waals surface area contributed by atoms with Gasteiger partial charge in [0.1, 0.15) is 6.04 Å². The molecule has 4 aromatic rings. The first-order chi connectivity index (χ1) is 23.2. The molecule has 0 aliphatic carbocycles. The van der Waals surface area contributed by atoms with Gasteiger partial charge in [-0.05, 0) is 48.4 Å². The van der Waals surface area contributed by atoms with Gasteiger partial charge in [0.25, 0.3) is 0 Å². The van der Waals surface area contributed by atoms with Crippen LogP contribution >= 0.6 is 0 Å². The van der Waals surface area contributed by atoms with Gasteiger partial charge in [-0.1, -0.05) is 104 Å². The summed E-state index contributed by atoms with van der Waals surface area (Å²) < 4.78 is 18.2. The van der Waals surface area contributed by atoms with Crippen molar-refractivity contribution in [2.45, 2.75) is 57.5 Å². The van der Waals surface area contributed by atoms with Crippen LogP contribution in [0, 0.1) is 5.92 Å². The van der Waals surface area contributed by atoms with Gasteiger partial charge in [-0.15, -0.1) is 0 Å². The third kappa shape index (κ3) is 8.87. The highest BCUT2D eigenvalue weighted by Crippen LogP contribution is 2.42. The minimum atomic E-state index is -0.842. The number of ether oxygens (including phenoxy) is 3. The van der Waals surface area contributed by atoms with Crippen molar-refractivity contribution in [2.75, 3.05) is 26.0 Å². The normalized spacial score (nSPS) is 20.5. The summed E-state index contributed by atoms with van der Waals surface area (Å²) in [6, 6.07) is 33.9. The first-order valence-corrected chi connectivity index (χ1v) is 16.3. The van der Waals surface area contributed by atoms with Crippen LogP contribution in [0.4, 0.5) is 10.5 Å². The van der Waals surface area contributed by atoms with Gasteiger partial charge in [-0.3, -0.25) is 4.90 Å². The molecule has 0 bridgehead atoms. The molecule has 0 radical (unpaired) electrons. The van der Waals surface area contributed by atoms with Gasteiger partial charge < -0.3 is 30.0 Å². The lowest BCUT2D eigenvalue weighted by Crippen LogP contribution is -2.45. The number of amides is 2. The quantitative estimate of drug-likeness (QED) is 0.149. The van der Waals surface area contributed by atoms with E-state index in [1.54, 1.807) is 12.1 Å². The third-order valence-electron chi connectivity index (χ3n) is 9.05. The molecule has 1 aliphatic heterocycles. The van der Waals surface area contributed by atoms with Crippen molar-refractivity contribution in [2.24, 2.45) is 5.92 Å². The number of nitrogens with one attached hydrogen (secondary N) is 2. The predicted octanol–water partition coefficient (Wildman–Crippen LogP) is 6.57. The summed E-state index contributed by atoms with van der Waals surface area (Å²) in [5, 5.41) is 15.1. The predicted molar refractivity (Wildman–Crippen MR) is 185 cm³/mol. The average molecular weight is 652 g/mol. The smallest absolute Gasteiger partial charge is 0.328 e. The molecule has 1 heterocycles. The molecular formula is C39H45N3O6. The summed E-state index contributed by atoms with van der Waals surface area (Å²) in [7, 11) is 3.41. The topological polar surface area (TPSA) is 109 Å². The number of nitrogens with zero attached hydrogens (tertiary/aromatic N) is 1. The Morgan fingerprint density at radius 3 is 2.10 bits per heavy atom. The van der Waals surface area contributed by atoms with Crippen molar-refractivity contribution < 1.29 is 28.9 Å². The molecule has 0 spiro atoms. The second-order valence-corrected chi connectivity index (χ2v) is 12.3. The summed E-state index contributed by atoms with van der Waals surface area (Å²) in [4.78, 5) is 27.6. The van der Waals surface area contributed by atoms with Gasteiger partial charge in [-0.2, -0.15) is 0 Å². The SMILES string of the molecule is COC(=O)[C@H](Cc1ccccc1)NC(=O)Nc1ccc([C@H]2O[C@@H](CN(C)[C@@H](C)c3ccccc3)[C@@H](C)[C@@H](c3ccc(CO)cc3)O2)cc1. The molecule has 1 aliphatic rings. The zero-order chi connectivity index (χ0) is 34.0. The van der Waals surface area contributed by atoms with E-state index in [0.29, 0.717) is 18.7 Å². The number of carbonyl (C=O) groups excluding carboxylic acids is 2. The van der Waals surface area contributed by atoms with E-state index in [1.165, 1.54) is 12.7 Å². The lowest BCUT2D eigenvalue weighted by atomic mass is 9.89. The lowest BCUT2D eigenvalue weighted by molar-refractivity contribution is -0.276. The van der Waals surface area contributed by atoms with E-state index >= 15 is 0 Å². The molecule has 1 fully saturated rings. The monoisotopic (exact) mass is 651 g/mol. The third-order valence-corrected chi connectivity index (χ3v) is 9.05. The first-order valence-electron chi connectivity index (χ1n) is 16.3. The van der Waals surface area contributed by atoms with Crippen LogP contribution in [0.3, 0.4) is 0 Å². The fourth-order valence-corrected chi connectivity index (χ4v) is 5.99. The van der Waals surface area contributed by atoms with Crippen LogP contribution in [0.25, 0.3) is 0 Å². The molecular weight excluding hydrogens is 606 g/mol. The largest absolute Gasteiger partial charge is 0.467 e. The Bertz CT molecular complexity index is 1600. The van der Waals surface area contributed by atoms with Gasteiger partial charge in [0.15, 0.2) is 6.29 Å². The molecule has 0 unspecified atom stereocenters. The lowest BCUT2D eigenvalue weighted by Gasteiger charge is -2.43. The van der Waals surface area contributed by atoms with Crippen LogP contribution in [-0.2, 0) is 32.0 Å². The van der Waals surface area contributed by atoms with Crippen molar-refractivity contribution >= 4 is 17.7 Å². The van der Waals surface area contributed by atoms with Crippen LogP contribution in [0.2, 0.25) is 0 Å². The van der Waals surface area contributed by atoms with Crippen LogP contribution in [0.5, 0.6) is 0 Å². The highest BCUT2D eigenvalue weighted by atomic mass is 16.7. The Labute approximate surface area is 282 Å². The minimum absolute atomic E-state index is 0.0212. The molecule has 2 amide bonds. The van der Waals surface area contributed by atoms with Gasteiger partial charge in [0, 0.05) is 36.2 Å². The highest BCUT2D eigenvalue weighted by Gasteiger charge is 2.39. The summed E-state index contributed by atoms with van der Waals surface area (Å²) in [6.07, 6.45) is -0.734. The fraction of sp³-hybridized carbons (Fsp3) is 0.333. The number of rotatable bonds is 12. The molecule has 3 N–H and O–H groups in total. The zero-order valence-corrected chi connectivity index (χ0v) is 27.9. The molecule has 0 saturated carbocycles. The zero-order valence-electron chi connectivity index (χ0n) is 27.9. The van der Waals surface area contributed by atoms with E-state index in [2.05, 4.69) is 60.7 Å². The van der Waals surface area contributed by atoms with Crippen molar-refractivity contribution in [3.05, 3.63) is 137 Å². The number of aliphatic hydroxyl groups excluding tert-OH is 1. The van der Waals surface area contributed by atoms with Crippen LogP contribution in [0.1, 0.15) is 60.1 Å². The summed E-state index contributed by atoms with van der Waals surface area (Å²) >= 11 is 0. The summed E-state index contributed by atoms with van der Waals surface area (Å²) in [5.74, 6) is -0.487. The van der Waals surface area contributed by atoms with E-state index in [-0.39, 0.29) is 30.8 Å². The number of methoxy groups -OCH3 is 1. The highest BCUT2D eigenvalue weighted by molar-refractivity contribution is 5.92. The Balaban J connectivity index is 1.30. The number of aliphatic hydroxyl groups is 1. The summed E-state index contributed by atoms with van der Waals surface area (Å²) in [5.41, 5.74) is 5.35. The van der Waals surface area contributed by atoms with Gasteiger partial charge in [0.05, 0.1) is 25.9 Å². The van der Waals surface area contributed by atoms with Crippen molar-refractivity contribution in [1.82, 2.24) is 10.2 Å². The van der Waals surface area contributed by atoms with E-state index < -0.39 is 24.3 Å². The number of hydrogen-bond acceptors (Lipinski definition) is 7. The standard InChI is InChI=1S/C39H45N3O6/c1-26-35(24-42(3)27(2)30-13-9-6-10-14-30)47-38(48-36(26)31-17-15-29(25-43)16-18-31)32-19-21-33(22-20-32)40-39(45)41-34(37(44)46-4)23-28-11-7-5-8-12-28/h5-22,26-27,34-36,38,43H,23-25H2,1-4H3,(H2,40,41,45)/t26-,27+,34+,35+,36+,38+/m1/s1. The van der Waals surface area contributed by atoms with E-state index in [4.69, 9.17) is 14.2 Å². The average Bonchev–Trinajstić information content (AvgIpc) is 3.12. The van der Waals surface area contributed by atoms with Gasteiger partial charge >= 0.3 is 12.0 Å². The molecule has 0 aromatic heterocycles. The van der Waals surface area contributed by atoms with E-state index in [1.807, 2.05) is 72.8 Å². The second-order valence-electron chi connectivity index (χ2n) is 12.3. The van der Waals surface area contributed by atoms with Crippen LogP contribution in [-0.4, -0.2) is 54.9 Å². The first kappa shape index (κ1) is 34.8. The van der Waals surface area contributed by atoms with Crippen molar-refractivity contribution in [3.8, 4) is 0 Å². The molecule has 48 heavy (non-hydrogen) atoms. The second kappa shape index (κ2) is 16.5.